The smallest absolute Gasteiger partial charge is 0.262 e. The number of carbonyl (C=O) groups excluding carboxylic acids is 1. The van der Waals surface area contributed by atoms with E-state index >= 15 is 0 Å². The first-order chi connectivity index (χ1) is 8.98. The molecule has 104 valence electrons. The summed E-state index contributed by atoms with van der Waals surface area (Å²) >= 11 is 0. The van der Waals surface area contributed by atoms with Crippen LogP contribution in [-0.2, 0) is 11.2 Å². The fourth-order valence-electron chi connectivity index (χ4n) is 2.21. The molecule has 0 aliphatic carbocycles. The second-order valence-corrected chi connectivity index (χ2v) is 4.99. The molecular formula is C14H18F2N2O. The number of nitrogens with one attached hydrogen (secondary N) is 1. The number of carbonyl (C=O) groups is 1. The molecule has 1 aromatic rings. The van der Waals surface area contributed by atoms with Crippen LogP contribution < -0.4 is 5.32 Å². The van der Waals surface area contributed by atoms with E-state index in [4.69, 9.17) is 0 Å². The number of hydrogen-bond donors (Lipinski definition) is 1. The Bertz CT molecular complexity index is 436. The van der Waals surface area contributed by atoms with Crippen molar-refractivity contribution in [2.75, 3.05) is 20.1 Å². The van der Waals surface area contributed by atoms with E-state index in [1.165, 1.54) is 4.90 Å². The van der Waals surface area contributed by atoms with Crippen molar-refractivity contribution < 1.29 is 13.6 Å². The Labute approximate surface area is 111 Å². The quantitative estimate of drug-likeness (QED) is 0.901. The van der Waals surface area contributed by atoms with Crippen LogP contribution in [-0.4, -0.2) is 42.9 Å². The Hall–Kier alpha value is -1.49. The number of likely N-dealkylation sites (N-methyl/N-ethyl adjacent to an activating group) is 1. The normalized spacial score (nSPS) is 21.3. The van der Waals surface area contributed by atoms with Gasteiger partial charge in [-0.05, 0) is 12.0 Å². The van der Waals surface area contributed by atoms with Crippen molar-refractivity contribution in [3.8, 4) is 0 Å². The van der Waals surface area contributed by atoms with Gasteiger partial charge in [-0.1, -0.05) is 30.3 Å². The van der Waals surface area contributed by atoms with Gasteiger partial charge in [-0.25, -0.2) is 8.78 Å². The lowest BCUT2D eigenvalue weighted by atomic mass is 10.1. The molecule has 1 fully saturated rings. The molecule has 1 N–H and O–H groups in total. The maximum Gasteiger partial charge on any atom is 0.262 e. The highest BCUT2D eigenvalue weighted by Gasteiger charge is 2.42. The number of hydrogen-bond acceptors (Lipinski definition) is 2. The van der Waals surface area contributed by atoms with Crippen molar-refractivity contribution >= 4 is 5.91 Å². The van der Waals surface area contributed by atoms with Crippen molar-refractivity contribution in [2.24, 2.45) is 0 Å². The lowest BCUT2D eigenvalue weighted by Gasteiger charge is -2.21. The Morgan fingerprint density at radius 2 is 2.11 bits per heavy atom. The third-order valence-corrected chi connectivity index (χ3v) is 3.36. The predicted octanol–water partition coefficient (Wildman–Crippen LogP) is 1.68. The van der Waals surface area contributed by atoms with Crippen LogP contribution in [0.25, 0.3) is 0 Å². The van der Waals surface area contributed by atoms with E-state index in [0.717, 1.165) is 12.0 Å². The van der Waals surface area contributed by atoms with Gasteiger partial charge in [0.05, 0.1) is 12.6 Å². The maximum atomic E-state index is 13.0. The highest BCUT2D eigenvalue weighted by atomic mass is 19.3. The third-order valence-electron chi connectivity index (χ3n) is 3.36. The zero-order valence-electron chi connectivity index (χ0n) is 10.9. The minimum atomic E-state index is -2.76. The molecule has 0 bridgehead atoms. The Kier molecular flexibility index (Phi) is 4.14. The van der Waals surface area contributed by atoms with Gasteiger partial charge in [-0.3, -0.25) is 10.1 Å². The van der Waals surface area contributed by atoms with Gasteiger partial charge in [-0.2, -0.15) is 0 Å². The highest BCUT2D eigenvalue weighted by Crippen LogP contribution is 2.25. The van der Waals surface area contributed by atoms with E-state index in [2.05, 4.69) is 5.32 Å². The molecule has 3 nitrogen and oxygen atoms in total. The molecule has 19 heavy (non-hydrogen) atoms. The van der Waals surface area contributed by atoms with Crippen LogP contribution >= 0.6 is 0 Å². The van der Waals surface area contributed by atoms with Gasteiger partial charge >= 0.3 is 0 Å². The maximum absolute atomic E-state index is 13.0. The molecule has 0 aromatic heterocycles. The van der Waals surface area contributed by atoms with Gasteiger partial charge in [0.15, 0.2) is 0 Å². The molecule has 5 heteroatoms. The monoisotopic (exact) mass is 268 g/mol. The summed E-state index contributed by atoms with van der Waals surface area (Å²) in [6, 6.07) is 9.03. The third kappa shape index (κ3) is 3.73. The van der Waals surface area contributed by atoms with Crippen molar-refractivity contribution in [2.45, 2.75) is 24.8 Å². The van der Waals surface area contributed by atoms with Crippen LogP contribution in [0.15, 0.2) is 30.3 Å². The summed E-state index contributed by atoms with van der Waals surface area (Å²) in [5, 5.41) is 2.58. The van der Waals surface area contributed by atoms with E-state index in [0.29, 0.717) is 6.54 Å². The lowest BCUT2D eigenvalue weighted by molar-refractivity contribution is -0.132. The summed E-state index contributed by atoms with van der Waals surface area (Å²) in [4.78, 5) is 13.5. The zero-order chi connectivity index (χ0) is 13.9. The van der Waals surface area contributed by atoms with Crippen LogP contribution in [0.3, 0.4) is 0 Å². The number of alkyl halides is 2. The molecule has 1 aromatic carbocycles. The van der Waals surface area contributed by atoms with E-state index in [9.17, 15) is 13.6 Å². The Morgan fingerprint density at radius 3 is 2.68 bits per heavy atom. The Balaban J connectivity index is 1.83. The number of amides is 1. The van der Waals surface area contributed by atoms with Gasteiger partial charge in [0.2, 0.25) is 5.91 Å². The molecule has 1 unspecified atom stereocenters. The van der Waals surface area contributed by atoms with Crippen molar-refractivity contribution in [1.29, 1.82) is 0 Å². The second kappa shape index (κ2) is 5.65. The number of halogens is 2. The second-order valence-electron chi connectivity index (χ2n) is 4.99. The first-order valence-corrected chi connectivity index (χ1v) is 6.38. The van der Waals surface area contributed by atoms with Crippen molar-refractivity contribution in [1.82, 2.24) is 10.2 Å². The number of rotatable bonds is 4. The molecule has 1 atom stereocenters. The van der Waals surface area contributed by atoms with Crippen LogP contribution in [0.2, 0.25) is 0 Å². The van der Waals surface area contributed by atoms with Crippen LogP contribution in [0.5, 0.6) is 0 Å². The van der Waals surface area contributed by atoms with Crippen LogP contribution in [0, 0.1) is 0 Å². The summed E-state index contributed by atoms with van der Waals surface area (Å²) in [5.41, 5.74) is 1.13. The fourth-order valence-corrected chi connectivity index (χ4v) is 2.21. The molecule has 1 saturated heterocycles. The summed E-state index contributed by atoms with van der Waals surface area (Å²) in [6.07, 6.45) is 0.327. The first kappa shape index (κ1) is 13.9. The number of benzene rings is 1. The molecule has 1 aliphatic rings. The van der Waals surface area contributed by atoms with Gasteiger partial charge in [0.25, 0.3) is 5.92 Å². The van der Waals surface area contributed by atoms with E-state index in [-0.39, 0.29) is 5.91 Å². The summed E-state index contributed by atoms with van der Waals surface area (Å²) in [6.45, 7) is 0.128. The predicted molar refractivity (Wildman–Crippen MR) is 69.1 cm³/mol. The van der Waals surface area contributed by atoms with E-state index < -0.39 is 24.9 Å². The standard InChI is InChI=1S/C14H18F2N2O/c1-18(8-7-11-5-3-2-4-6-11)13(19)12-9-14(15,16)10-17-12/h2-6,12,17H,7-10H2,1H3. The zero-order valence-corrected chi connectivity index (χ0v) is 10.9. The van der Waals surface area contributed by atoms with Crippen molar-refractivity contribution in [3.05, 3.63) is 35.9 Å². The van der Waals surface area contributed by atoms with E-state index in [1.807, 2.05) is 30.3 Å². The van der Waals surface area contributed by atoms with Crippen molar-refractivity contribution in [3.63, 3.8) is 0 Å². The molecule has 1 aliphatic heterocycles. The van der Waals surface area contributed by atoms with Crippen LogP contribution in [0.1, 0.15) is 12.0 Å². The van der Waals surface area contributed by atoms with Gasteiger partial charge in [-0.15, -0.1) is 0 Å². The fraction of sp³-hybridized carbons (Fsp3) is 0.500. The summed E-state index contributed by atoms with van der Waals surface area (Å²) in [7, 11) is 1.66. The molecule has 1 amide bonds. The van der Waals surface area contributed by atoms with Gasteiger partial charge in [0.1, 0.15) is 0 Å². The topological polar surface area (TPSA) is 32.3 Å². The lowest BCUT2D eigenvalue weighted by Crippen LogP contribution is -2.42. The summed E-state index contributed by atoms with van der Waals surface area (Å²) in [5.74, 6) is -3.02. The van der Waals surface area contributed by atoms with Gasteiger partial charge in [0, 0.05) is 20.0 Å². The van der Waals surface area contributed by atoms with Gasteiger partial charge < -0.3 is 4.90 Å². The largest absolute Gasteiger partial charge is 0.344 e. The minimum absolute atomic E-state index is 0.256. The molecule has 1 heterocycles. The number of nitrogens with zero attached hydrogens (tertiary/aromatic N) is 1. The van der Waals surface area contributed by atoms with Crippen LogP contribution in [0.4, 0.5) is 8.78 Å². The minimum Gasteiger partial charge on any atom is -0.344 e. The Morgan fingerprint density at radius 1 is 1.42 bits per heavy atom. The molecule has 0 spiro atoms. The molecule has 0 radical (unpaired) electrons. The molecule has 2 rings (SSSR count). The summed E-state index contributed by atoms with van der Waals surface area (Å²) < 4.78 is 26.1. The molecule has 0 saturated carbocycles. The average molecular weight is 268 g/mol. The highest BCUT2D eigenvalue weighted by molar-refractivity contribution is 5.82. The van der Waals surface area contributed by atoms with E-state index in [1.54, 1.807) is 7.05 Å². The molecular weight excluding hydrogens is 250 g/mol. The average Bonchev–Trinajstić information content (AvgIpc) is 2.76. The first-order valence-electron chi connectivity index (χ1n) is 6.38. The SMILES string of the molecule is CN(CCc1ccccc1)C(=O)C1CC(F)(F)CN1.